The minimum absolute atomic E-state index is 0.467. The summed E-state index contributed by atoms with van der Waals surface area (Å²) in [6, 6.07) is 6.97. The molecule has 0 heterocycles. The molecule has 0 spiro atoms. The van der Waals surface area contributed by atoms with E-state index in [0.29, 0.717) is 10.9 Å². The van der Waals surface area contributed by atoms with Crippen LogP contribution in [0.3, 0.4) is 0 Å². The molecule has 0 aliphatic rings. The summed E-state index contributed by atoms with van der Waals surface area (Å²) < 4.78 is 35.8. The molecule has 0 fully saturated rings. The summed E-state index contributed by atoms with van der Waals surface area (Å²) in [4.78, 5) is 1.06. The Hall–Kier alpha value is -0.840. The lowest BCUT2D eigenvalue weighted by atomic mass is 10.3. The maximum absolute atomic E-state index is 11.9. The van der Waals surface area contributed by atoms with Crippen LogP contribution >= 0.6 is 11.8 Å². The molecule has 0 aliphatic heterocycles. The van der Waals surface area contributed by atoms with Gasteiger partial charge in [-0.2, -0.15) is 13.2 Å². The lowest BCUT2D eigenvalue weighted by Crippen LogP contribution is -2.21. The van der Waals surface area contributed by atoms with Crippen LogP contribution in [0.1, 0.15) is 13.8 Å². The normalized spacial score (nSPS) is 11.9. The zero-order valence-corrected chi connectivity index (χ0v) is 9.95. The van der Waals surface area contributed by atoms with E-state index in [1.807, 2.05) is 12.1 Å². The van der Waals surface area contributed by atoms with Crippen LogP contribution in [0.25, 0.3) is 0 Å². The highest BCUT2D eigenvalue weighted by molar-refractivity contribution is 7.99. The summed E-state index contributed by atoms with van der Waals surface area (Å²) >= 11 is 1.68. The third-order valence-corrected chi connectivity index (χ3v) is 2.73. The van der Waals surface area contributed by atoms with Gasteiger partial charge in [0, 0.05) is 15.8 Å². The lowest BCUT2D eigenvalue weighted by Gasteiger charge is -2.10. The molecule has 0 unspecified atom stereocenters. The van der Waals surface area contributed by atoms with Crippen LogP contribution in [0.15, 0.2) is 29.2 Å². The molecule has 0 radical (unpaired) electrons. The minimum Gasteiger partial charge on any atom is -0.376 e. The third-order valence-electron chi connectivity index (χ3n) is 1.72. The van der Waals surface area contributed by atoms with Crippen molar-refractivity contribution in [2.24, 2.45) is 0 Å². The van der Waals surface area contributed by atoms with Gasteiger partial charge in [-0.05, 0) is 24.3 Å². The molecule has 1 N–H and O–H groups in total. The maximum atomic E-state index is 11.9. The molecule has 0 aromatic heterocycles. The van der Waals surface area contributed by atoms with Crippen molar-refractivity contribution in [1.29, 1.82) is 0 Å². The van der Waals surface area contributed by atoms with Gasteiger partial charge in [-0.3, -0.25) is 0 Å². The molecule has 0 amide bonds. The second-order valence-electron chi connectivity index (χ2n) is 3.66. The van der Waals surface area contributed by atoms with Gasteiger partial charge in [0.05, 0.1) is 0 Å². The molecule has 0 bridgehead atoms. The zero-order valence-electron chi connectivity index (χ0n) is 9.14. The number of benzene rings is 1. The summed E-state index contributed by atoms with van der Waals surface area (Å²) in [5.41, 5.74) is 0.491. The monoisotopic (exact) mass is 249 g/mol. The van der Waals surface area contributed by atoms with Crippen molar-refractivity contribution in [2.45, 2.75) is 30.2 Å². The number of nitrogens with one attached hydrogen (secondary N) is 1. The quantitative estimate of drug-likeness (QED) is 0.804. The third kappa shape index (κ3) is 5.30. The molecule has 1 aromatic carbocycles. The number of hydrogen-bond acceptors (Lipinski definition) is 2. The summed E-state index contributed by atoms with van der Waals surface area (Å²) in [6.45, 7) is 3.14. The first-order valence-corrected chi connectivity index (χ1v) is 5.82. The van der Waals surface area contributed by atoms with Gasteiger partial charge >= 0.3 is 6.18 Å². The number of anilines is 1. The predicted molar refractivity (Wildman–Crippen MR) is 62.0 cm³/mol. The molecule has 5 heteroatoms. The highest BCUT2D eigenvalue weighted by Gasteiger charge is 2.26. The number of hydrogen-bond donors (Lipinski definition) is 1. The number of rotatable bonds is 4. The van der Waals surface area contributed by atoms with Gasteiger partial charge in [0.1, 0.15) is 6.54 Å². The first kappa shape index (κ1) is 13.2. The molecular weight excluding hydrogens is 235 g/mol. The Labute approximate surface area is 97.4 Å². The van der Waals surface area contributed by atoms with Crippen LogP contribution in [0, 0.1) is 0 Å². The van der Waals surface area contributed by atoms with Crippen LogP contribution in [0.5, 0.6) is 0 Å². The molecule has 1 aromatic rings. The molecule has 16 heavy (non-hydrogen) atoms. The van der Waals surface area contributed by atoms with Gasteiger partial charge in [-0.15, -0.1) is 11.8 Å². The van der Waals surface area contributed by atoms with Crippen molar-refractivity contribution in [3.8, 4) is 0 Å². The highest BCUT2D eigenvalue weighted by Crippen LogP contribution is 2.24. The van der Waals surface area contributed by atoms with Crippen LogP contribution in [0.2, 0.25) is 0 Å². The number of thioether (sulfide) groups is 1. The first-order chi connectivity index (χ1) is 7.37. The van der Waals surface area contributed by atoms with Crippen LogP contribution in [0.4, 0.5) is 18.9 Å². The highest BCUT2D eigenvalue weighted by atomic mass is 32.2. The second kappa shape index (κ2) is 5.48. The summed E-state index contributed by atoms with van der Waals surface area (Å²) in [5, 5.41) is 2.80. The van der Waals surface area contributed by atoms with E-state index < -0.39 is 12.7 Å². The van der Waals surface area contributed by atoms with Gasteiger partial charge in [-0.25, -0.2) is 0 Å². The summed E-state index contributed by atoms with van der Waals surface area (Å²) in [5.74, 6) is 0. The maximum Gasteiger partial charge on any atom is 0.405 e. The molecule has 0 atom stereocenters. The van der Waals surface area contributed by atoms with E-state index in [4.69, 9.17) is 0 Å². The van der Waals surface area contributed by atoms with Crippen LogP contribution < -0.4 is 5.32 Å². The van der Waals surface area contributed by atoms with Crippen molar-refractivity contribution < 1.29 is 13.2 Å². The molecule has 90 valence electrons. The van der Waals surface area contributed by atoms with Crippen molar-refractivity contribution in [2.75, 3.05) is 11.9 Å². The number of halogens is 3. The van der Waals surface area contributed by atoms with E-state index in [-0.39, 0.29) is 0 Å². The van der Waals surface area contributed by atoms with Gasteiger partial charge < -0.3 is 5.32 Å². The lowest BCUT2D eigenvalue weighted by molar-refractivity contribution is -0.115. The van der Waals surface area contributed by atoms with Crippen molar-refractivity contribution in [1.82, 2.24) is 0 Å². The Kier molecular flexibility index (Phi) is 4.53. The van der Waals surface area contributed by atoms with Crippen LogP contribution in [-0.2, 0) is 0 Å². The summed E-state index contributed by atoms with van der Waals surface area (Å²) in [6.07, 6.45) is -4.18. The van der Waals surface area contributed by atoms with E-state index in [2.05, 4.69) is 19.2 Å². The Balaban J connectivity index is 2.51. The fourth-order valence-corrected chi connectivity index (χ4v) is 1.96. The topological polar surface area (TPSA) is 12.0 Å². The Morgan fingerprint density at radius 1 is 1.19 bits per heavy atom. The molecule has 1 nitrogen and oxygen atoms in total. The first-order valence-electron chi connectivity index (χ1n) is 4.94. The Morgan fingerprint density at radius 2 is 1.75 bits per heavy atom. The molecule has 0 saturated heterocycles. The Bertz CT molecular complexity index is 319. The van der Waals surface area contributed by atoms with E-state index in [1.54, 1.807) is 23.9 Å². The Morgan fingerprint density at radius 3 is 2.19 bits per heavy atom. The van der Waals surface area contributed by atoms with Gasteiger partial charge in [0.15, 0.2) is 0 Å². The van der Waals surface area contributed by atoms with Crippen molar-refractivity contribution >= 4 is 17.4 Å². The van der Waals surface area contributed by atoms with Crippen LogP contribution in [-0.4, -0.2) is 18.0 Å². The fourth-order valence-electron chi connectivity index (χ4n) is 1.13. The summed E-state index contributed by atoms with van der Waals surface area (Å²) in [7, 11) is 0. The van der Waals surface area contributed by atoms with Crippen molar-refractivity contribution in [3.05, 3.63) is 24.3 Å². The van der Waals surface area contributed by atoms with E-state index in [1.165, 1.54) is 0 Å². The van der Waals surface area contributed by atoms with E-state index in [9.17, 15) is 13.2 Å². The van der Waals surface area contributed by atoms with E-state index >= 15 is 0 Å². The van der Waals surface area contributed by atoms with Gasteiger partial charge in [0.25, 0.3) is 0 Å². The standard InChI is InChI=1S/C11H14F3NS/c1-8(2)16-10-5-3-9(4-6-10)15-7-11(12,13)14/h3-6,8,15H,7H2,1-2H3. The van der Waals surface area contributed by atoms with Gasteiger partial charge in [0.2, 0.25) is 0 Å². The average molecular weight is 249 g/mol. The van der Waals surface area contributed by atoms with Gasteiger partial charge in [-0.1, -0.05) is 13.8 Å². The smallest absolute Gasteiger partial charge is 0.376 e. The fraction of sp³-hybridized carbons (Fsp3) is 0.455. The zero-order chi connectivity index (χ0) is 12.2. The SMILES string of the molecule is CC(C)Sc1ccc(NCC(F)(F)F)cc1. The van der Waals surface area contributed by atoms with E-state index in [0.717, 1.165) is 4.90 Å². The second-order valence-corrected chi connectivity index (χ2v) is 5.31. The molecule has 0 saturated carbocycles. The molecule has 0 aliphatic carbocycles. The number of alkyl halides is 3. The minimum atomic E-state index is -4.18. The predicted octanol–water partition coefficient (Wildman–Crippen LogP) is 4.16. The molecular formula is C11H14F3NS. The molecule has 1 rings (SSSR count). The largest absolute Gasteiger partial charge is 0.405 e. The average Bonchev–Trinajstić information content (AvgIpc) is 2.14. The van der Waals surface area contributed by atoms with Crippen molar-refractivity contribution in [3.63, 3.8) is 0 Å².